The third kappa shape index (κ3) is 4.41. The Labute approximate surface area is 157 Å². The van der Waals surface area contributed by atoms with Gasteiger partial charge in [-0.05, 0) is 19.1 Å². The summed E-state index contributed by atoms with van der Waals surface area (Å²) in [6, 6.07) is 9.20. The van der Waals surface area contributed by atoms with E-state index < -0.39 is 0 Å². The van der Waals surface area contributed by atoms with Gasteiger partial charge in [0.25, 0.3) is 0 Å². The minimum atomic E-state index is 0.500. The van der Waals surface area contributed by atoms with Crippen LogP contribution in [0.25, 0.3) is 0 Å². The predicted octanol–water partition coefficient (Wildman–Crippen LogP) is 3.76. The summed E-state index contributed by atoms with van der Waals surface area (Å²) in [6.45, 7) is 2.40. The smallest absolute Gasteiger partial charge is 0.225 e. The van der Waals surface area contributed by atoms with Gasteiger partial charge in [0.1, 0.15) is 11.6 Å². The molecule has 0 aliphatic heterocycles. The molecule has 0 saturated carbocycles. The number of anilines is 3. The lowest BCUT2D eigenvalue weighted by Gasteiger charge is -2.15. The first-order valence-corrected chi connectivity index (χ1v) is 8.32. The first kappa shape index (κ1) is 18.4. The average molecular weight is 370 g/mol. The van der Waals surface area contributed by atoms with Crippen molar-refractivity contribution in [3.8, 4) is 17.2 Å². The van der Waals surface area contributed by atoms with E-state index in [9.17, 15) is 0 Å². The Morgan fingerprint density at radius 1 is 1.00 bits per heavy atom. The van der Waals surface area contributed by atoms with Gasteiger partial charge in [-0.15, -0.1) is 0 Å². The van der Waals surface area contributed by atoms with Crippen LogP contribution < -0.4 is 24.8 Å². The molecule has 0 aliphatic carbocycles. The van der Waals surface area contributed by atoms with Crippen LogP contribution in [0.5, 0.6) is 17.2 Å². The molecule has 3 aromatic rings. The number of ether oxygens (including phenoxy) is 3. The van der Waals surface area contributed by atoms with E-state index in [-0.39, 0.29) is 0 Å². The summed E-state index contributed by atoms with van der Waals surface area (Å²) in [5.74, 6) is 3.59. The number of hydrogen-bond acceptors (Lipinski definition) is 8. The average Bonchev–Trinajstić information content (AvgIpc) is 3.18. The maximum absolute atomic E-state index is 5.38. The number of methoxy groups -OCH3 is 3. The molecule has 0 aliphatic rings. The first-order chi connectivity index (χ1) is 13.1. The molecular formula is C19H22N4O4. The number of rotatable bonds is 8. The number of furan rings is 1. The van der Waals surface area contributed by atoms with Crippen LogP contribution in [0, 0.1) is 6.92 Å². The maximum Gasteiger partial charge on any atom is 0.225 e. The van der Waals surface area contributed by atoms with Crippen molar-refractivity contribution in [2.24, 2.45) is 0 Å². The molecule has 0 bridgehead atoms. The van der Waals surface area contributed by atoms with E-state index in [0.717, 1.165) is 17.1 Å². The normalized spacial score (nSPS) is 10.4. The topological polar surface area (TPSA) is 90.7 Å². The van der Waals surface area contributed by atoms with Gasteiger partial charge in [-0.2, -0.15) is 4.98 Å². The number of nitrogens with one attached hydrogen (secondary N) is 2. The first-order valence-electron chi connectivity index (χ1n) is 8.32. The molecule has 0 spiro atoms. The highest BCUT2D eigenvalue weighted by Crippen LogP contribution is 2.40. The highest BCUT2D eigenvalue weighted by Gasteiger charge is 2.14. The Morgan fingerprint density at radius 3 is 2.33 bits per heavy atom. The van der Waals surface area contributed by atoms with Crippen LogP contribution in [0.15, 0.2) is 41.0 Å². The Bertz CT molecular complexity index is 872. The Kier molecular flexibility index (Phi) is 5.65. The van der Waals surface area contributed by atoms with Crippen LogP contribution >= 0.6 is 0 Å². The second-order valence-corrected chi connectivity index (χ2v) is 5.69. The minimum Gasteiger partial charge on any atom is -0.493 e. The summed E-state index contributed by atoms with van der Waals surface area (Å²) < 4.78 is 21.4. The van der Waals surface area contributed by atoms with E-state index in [1.165, 1.54) is 0 Å². The molecule has 1 aromatic carbocycles. The van der Waals surface area contributed by atoms with Crippen molar-refractivity contribution < 1.29 is 18.6 Å². The second-order valence-electron chi connectivity index (χ2n) is 5.69. The zero-order chi connectivity index (χ0) is 19.2. The van der Waals surface area contributed by atoms with E-state index in [2.05, 4.69) is 20.6 Å². The lowest BCUT2D eigenvalue weighted by atomic mass is 10.2. The lowest BCUT2D eigenvalue weighted by Crippen LogP contribution is -2.06. The van der Waals surface area contributed by atoms with Crippen LogP contribution in [-0.4, -0.2) is 31.3 Å². The van der Waals surface area contributed by atoms with Crippen LogP contribution in [0.1, 0.15) is 11.5 Å². The monoisotopic (exact) mass is 370 g/mol. The van der Waals surface area contributed by atoms with Crippen LogP contribution in [-0.2, 0) is 6.54 Å². The summed E-state index contributed by atoms with van der Waals surface area (Å²) >= 11 is 0. The van der Waals surface area contributed by atoms with E-state index in [1.54, 1.807) is 27.6 Å². The SMILES string of the molecule is COc1cc(Nc2cc(C)nc(NCc3ccco3)n2)cc(OC)c1OC. The van der Waals surface area contributed by atoms with Crippen LogP contribution in [0.3, 0.4) is 0 Å². The molecule has 0 amide bonds. The van der Waals surface area contributed by atoms with Gasteiger partial charge in [-0.1, -0.05) is 0 Å². The molecule has 3 rings (SSSR count). The van der Waals surface area contributed by atoms with E-state index >= 15 is 0 Å². The third-order valence-corrected chi connectivity index (χ3v) is 3.79. The van der Waals surface area contributed by atoms with Gasteiger partial charge in [0, 0.05) is 29.6 Å². The quantitative estimate of drug-likeness (QED) is 0.619. The maximum atomic E-state index is 5.38. The van der Waals surface area contributed by atoms with Crippen molar-refractivity contribution in [3.63, 3.8) is 0 Å². The van der Waals surface area contributed by atoms with Gasteiger partial charge in [0.15, 0.2) is 11.5 Å². The molecule has 0 fully saturated rings. The molecule has 8 nitrogen and oxygen atoms in total. The third-order valence-electron chi connectivity index (χ3n) is 3.79. The van der Waals surface area contributed by atoms with Crippen molar-refractivity contribution in [3.05, 3.63) is 48.0 Å². The molecule has 8 heteroatoms. The fourth-order valence-electron chi connectivity index (χ4n) is 2.59. The highest BCUT2D eigenvalue weighted by molar-refractivity contribution is 5.67. The highest BCUT2D eigenvalue weighted by atomic mass is 16.5. The molecule has 142 valence electrons. The molecule has 2 aromatic heterocycles. The van der Waals surface area contributed by atoms with Crippen molar-refractivity contribution >= 4 is 17.5 Å². The van der Waals surface area contributed by atoms with Crippen molar-refractivity contribution in [1.29, 1.82) is 0 Å². The zero-order valence-electron chi connectivity index (χ0n) is 15.7. The van der Waals surface area contributed by atoms with Gasteiger partial charge in [-0.25, -0.2) is 4.98 Å². The molecule has 2 N–H and O–H groups in total. The second kappa shape index (κ2) is 8.31. The van der Waals surface area contributed by atoms with E-state index in [4.69, 9.17) is 18.6 Å². The summed E-state index contributed by atoms with van der Waals surface area (Å²) in [5, 5.41) is 6.40. The Morgan fingerprint density at radius 2 is 1.74 bits per heavy atom. The molecular weight excluding hydrogens is 348 g/mol. The van der Waals surface area contributed by atoms with E-state index in [0.29, 0.717) is 35.6 Å². The van der Waals surface area contributed by atoms with Gasteiger partial charge in [0.05, 0.1) is 34.1 Å². The van der Waals surface area contributed by atoms with Crippen molar-refractivity contribution in [1.82, 2.24) is 9.97 Å². The Balaban J connectivity index is 1.82. The zero-order valence-corrected chi connectivity index (χ0v) is 15.7. The van der Waals surface area contributed by atoms with Crippen molar-refractivity contribution in [2.75, 3.05) is 32.0 Å². The largest absolute Gasteiger partial charge is 0.493 e. The fraction of sp³-hybridized carbons (Fsp3) is 0.263. The number of hydrogen-bond donors (Lipinski definition) is 2. The fourth-order valence-corrected chi connectivity index (χ4v) is 2.59. The summed E-state index contributed by atoms with van der Waals surface area (Å²) in [4.78, 5) is 8.89. The van der Waals surface area contributed by atoms with E-state index in [1.807, 2.05) is 37.3 Å². The number of nitrogens with zero attached hydrogens (tertiary/aromatic N) is 2. The minimum absolute atomic E-state index is 0.500. The van der Waals surface area contributed by atoms with Crippen LogP contribution in [0.2, 0.25) is 0 Å². The molecule has 27 heavy (non-hydrogen) atoms. The van der Waals surface area contributed by atoms with Crippen LogP contribution in [0.4, 0.5) is 17.5 Å². The lowest BCUT2D eigenvalue weighted by molar-refractivity contribution is 0.324. The van der Waals surface area contributed by atoms with Gasteiger partial charge in [0.2, 0.25) is 11.7 Å². The van der Waals surface area contributed by atoms with Crippen molar-refractivity contribution in [2.45, 2.75) is 13.5 Å². The summed E-state index contributed by atoms with van der Waals surface area (Å²) in [6.07, 6.45) is 1.63. The molecule has 0 saturated heterocycles. The van der Waals surface area contributed by atoms with Gasteiger partial charge >= 0.3 is 0 Å². The number of benzene rings is 1. The number of aryl methyl sites for hydroxylation is 1. The summed E-state index contributed by atoms with van der Waals surface area (Å²) in [7, 11) is 4.72. The Hall–Kier alpha value is -3.42. The number of aromatic nitrogens is 2. The molecule has 0 radical (unpaired) electrons. The standard InChI is InChI=1S/C19H22N4O4/c1-12-8-17(23-19(21-12)20-11-14-6-5-7-27-14)22-13-9-15(24-2)18(26-4)16(10-13)25-3/h5-10H,11H2,1-4H3,(H2,20,21,22,23). The molecule has 0 unspecified atom stereocenters. The van der Waals surface area contributed by atoms with Gasteiger partial charge < -0.3 is 29.3 Å². The van der Waals surface area contributed by atoms with Gasteiger partial charge in [-0.3, -0.25) is 0 Å². The summed E-state index contributed by atoms with van der Waals surface area (Å²) in [5.41, 5.74) is 1.57. The predicted molar refractivity (Wildman–Crippen MR) is 102 cm³/mol. The molecule has 2 heterocycles. The molecule has 0 atom stereocenters.